The van der Waals surface area contributed by atoms with Crippen molar-refractivity contribution >= 4 is 17.8 Å². The van der Waals surface area contributed by atoms with E-state index in [0.717, 1.165) is 23.3 Å². The molecule has 2 amide bonds. The molecule has 0 spiro atoms. The fourth-order valence-electron chi connectivity index (χ4n) is 3.17. The van der Waals surface area contributed by atoms with Gasteiger partial charge in [0.05, 0.1) is 20.1 Å². The van der Waals surface area contributed by atoms with Crippen LogP contribution in [0.1, 0.15) is 18.9 Å². The molecule has 0 aromatic heterocycles. The zero-order valence-electron chi connectivity index (χ0n) is 18.4. The van der Waals surface area contributed by atoms with E-state index in [1.165, 1.54) is 19.2 Å². The Hall–Kier alpha value is -3.72. The molecule has 0 aliphatic carbocycles. The molecule has 0 aliphatic rings. The van der Waals surface area contributed by atoms with Crippen LogP contribution in [-0.2, 0) is 25.5 Å². The summed E-state index contributed by atoms with van der Waals surface area (Å²) in [6.45, 7) is 1.86. The molecule has 33 heavy (non-hydrogen) atoms. The van der Waals surface area contributed by atoms with Crippen LogP contribution in [0.5, 0.6) is 5.75 Å². The third-order valence-electron chi connectivity index (χ3n) is 4.68. The molecule has 4 N–H and O–H groups in total. The Balaban J connectivity index is 2.18. The number of hydrogen-bond acceptors (Lipinski definition) is 6. The standard InChI is InChI=1S/C24H27FN2O6/c1-3-33-23(30)14-18(27-24(31)20(28)9-11-22(26)29)12-15-4-6-16(7-5-15)19-13-17(25)8-10-21(19)32-2/h4-11,13,18,20,28H,3,12,14H2,1-2H3,(H2,26,29)(H,27,31)/t18-,20?/m1/s1. The van der Waals surface area contributed by atoms with Crippen molar-refractivity contribution < 1.29 is 33.4 Å². The molecule has 0 heterocycles. The van der Waals surface area contributed by atoms with Crippen LogP contribution in [0.4, 0.5) is 4.39 Å². The smallest absolute Gasteiger partial charge is 0.307 e. The van der Waals surface area contributed by atoms with Crippen molar-refractivity contribution in [2.24, 2.45) is 5.73 Å². The molecule has 2 aromatic rings. The van der Waals surface area contributed by atoms with Gasteiger partial charge in [0, 0.05) is 17.7 Å². The number of ether oxygens (including phenoxy) is 2. The Morgan fingerprint density at radius 2 is 1.88 bits per heavy atom. The molecule has 8 nitrogen and oxygen atoms in total. The number of primary amides is 1. The van der Waals surface area contributed by atoms with Crippen molar-refractivity contribution in [2.75, 3.05) is 13.7 Å². The number of methoxy groups -OCH3 is 1. The molecule has 1 unspecified atom stereocenters. The van der Waals surface area contributed by atoms with Crippen LogP contribution in [0.15, 0.2) is 54.6 Å². The average Bonchev–Trinajstić information content (AvgIpc) is 2.77. The lowest BCUT2D eigenvalue weighted by Gasteiger charge is -2.19. The summed E-state index contributed by atoms with van der Waals surface area (Å²) in [5, 5.41) is 12.5. The van der Waals surface area contributed by atoms with Crippen molar-refractivity contribution in [1.29, 1.82) is 0 Å². The van der Waals surface area contributed by atoms with Crippen LogP contribution in [0, 0.1) is 5.82 Å². The van der Waals surface area contributed by atoms with Gasteiger partial charge in [-0.15, -0.1) is 0 Å². The third-order valence-corrected chi connectivity index (χ3v) is 4.68. The van der Waals surface area contributed by atoms with Gasteiger partial charge in [0.25, 0.3) is 5.91 Å². The van der Waals surface area contributed by atoms with Gasteiger partial charge in [0.1, 0.15) is 11.6 Å². The van der Waals surface area contributed by atoms with Crippen molar-refractivity contribution in [2.45, 2.75) is 31.9 Å². The van der Waals surface area contributed by atoms with Crippen molar-refractivity contribution in [3.63, 3.8) is 0 Å². The van der Waals surface area contributed by atoms with Gasteiger partial charge in [-0.3, -0.25) is 14.4 Å². The summed E-state index contributed by atoms with van der Waals surface area (Å²) in [5.41, 5.74) is 7.07. The number of carbonyl (C=O) groups excluding carboxylic acids is 3. The van der Waals surface area contributed by atoms with Crippen LogP contribution in [0.3, 0.4) is 0 Å². The number of halogens is 1. The van der Waals surface area contributed by atoms with Gasteiger partial charge in [-0.1, -0.05) is 24.3 Å². The van der Waals surface area contributed by atoms with Crippen molar-refractivity contribution in [1.82, 2.24) is 5.32 Å². The molecule has 0 bridgehead atoms. The lowest BCUT2D eigenvalue weighted by atomic mass is 9.98. The number of aliphatic hydroxyl groups is 1. The number of amides is 2. The first-order valence-electron chi connectivity index (χ1n) is 10.3. The minimum absolute atomic E-state index is 0.120. The quantitative estimate of drug-likeness (QED) is 0.349. The maximum Gasteiger partial charge on any atom is 0.307 e. The highest BCUT2D eigenvalue weighted by atomic mass is 19.1. The normalized spacial score (nSPS) is 12.7. The first kappa shape index (κ1) is 25.5. The van der Waals surface area contributed by atoms with Crippen molar-refractivity contribution in [3.8, 4) is 16.9 Å². The van der Waals surface area contributed by atoms with E-state index in [0.29, 0.717) is 11.3 Å². The van der Waals surface area contributed by atoms with Gasteiger partial charge in [-0.25, -0.2) is 4.39 Å². The zero-order chi connectivity index (χ0) is 24.4. The maximum absolute atomic E-state index is 13.7. The van der Waals surface area contributed by atoms with Crippen molar-refractivity contribution in [3.05, 3.63) is 66.0 Å². The largest absolute Gasteiger partial charge is 0.496 e. The number of carbonyl (C=O) groups is 3. The topological polar surface area (TPSA) is 128 Å². The highest BCUT2D eigenvalue weighted by Gasteiger charge is 2.21. The predicted octanol–water partition coefficient (Wildman–Crippen LogP) is 1.88. The van der Waals surface area contributed by atoms with Gasteiger partial charge in [0.15, 0.2) is 6.10 Å². The minimum Gasteiger partial charge on any atom is -0.496 e. The third kappa shape index (κ3) is 8.04. The number of aliphatic hydroxyl groups excluding tert-OH is 1. The van der Waals surface area contributed by atoms with Gasteiger partial charge < -0.3 is 25.6 Å². The first-order valence-corrected chi connectivity index (χ1v) is 10.3. The fraction of sp³-hybridized carbons (Fsp3) is 0.292. The highest BCUT2D eigenvalue weighted by molar-refractivity contribution is 5.89. The maximum atomic E-state index is 13.7. The Labute approximate surface area is 191 Å². The summed E-state index contributed by atoms with van der Waals surface area (Å²) in [7, 11) is 1.50. The monoisotopic (exact) mass is 458 g/mol. The number of benzene rings is 2. The van der Waals surface area contributed by atoms with Crippen LogP contribution < -0.4 is 15.8 Å². The van der Waals surface area contributed by atoms with E-state index in [9.17, 15) is 23.9 Å². The molecule has 0 fully saturated rings. The SMILES string of the molecule is CCOC(=O)C[C@@H](Cc1ccc(-c2cc(F)ccc2OC)cc1)NC(=O)C(O)C=CC(N)=O. The molecule has 0 saturated carbocycles. The first-order chi connectivity index (χ1) is 15.7. The van der Waals surface area contributed by atoms with Crippen LogP contribution in [0.25, 0.3) is 11.1 Å². The van der Waals surface area contributed by atoms with Crippen LogP contribution in [-0.4, -0.2) is 48.8 Å². The van der Waals surface area contributed by atoms with E-state index in [-0.39, 0.29) is 19.4 Å². The number of rotatable bonds is 11. The molecule has 2 rings (SSSR count). The Morgan fingerprint density at radius 1 is 1.18 bits per heavy atom. The molecule has 2 atom stereocenters. The average molecular weight is 458 g/mol. The lowest BCUT2D eigenvalue weighted by molar-refractivity contribution is -0.144. The summed E-state index contributed by atoms with van der Waals surface area (Å²) < 4.78 is 24.0. The Morgan fingerprint density at radius 3 is 2.48 bits per heavy atom. The second kappa shape index (κ2) is 12.4. The minimum atomic E-state index is -1.61. The van der Waals surface area contributed by atoms with Crippen LogP contribution in [0.2, 0.25) is 0 Å². The van der Waals surface area contributed by atoms with Gasteiger partial charge in [0.2, 0.25) is 5.91 Å². The van der Waals surface area contributed by atoms with Gasteiger partial charge in [-0.05, 0) is 48.7 Å². The second-order valence-corrected chi connectivity index (χ2v) is 7.17. The van der Waals surface area contributed by atoms with Gasteiger partial charge >= 0.3 is 5.97 Å². The molecule has 2 aromatic carbocycles. The number of hydrogen-bond donors (Lipinski definition) is 3. The molecular weight excluding hydrogens is 431 g/mol. The molecule has 0 radical (unpaired) electrons. The second-order valence-electron chi connectivity index (χ2n) is 7.17. The number of esters is 1. The molecule has 0 saturated heterocycles. The zero-order valence-corrected chi connectivity index (χ0v) is 18.4. The van der Waals surface area contributed by atoms with E-state index >= 15 is 0 Å². The summed E-state index contributed by atoms with van der Waals surface area (Å²) in [4.78, 5) is 35.1. The molecule has 0 aliphatic heterocycles. The predicted molar refractivity (Wildman–Crippen MR) is 120 cm³/mol. The Kier molecular flexibility index (Phi) is 9.56. The van der Waals surface area contributed by atoms with E-state index < -0.39 is 35.7 Å². The van der Waals surface area contributed by atoms with E-state index in [4.69, 9.17) is 15.2 Å². The Bertz CT molecular complexity index is 1010. The van der Waals surface area contributed by atoms with Crippen LogP contribution >= 0.6 is 0 Å². The summed E-state index contributed by atoms with van der Waals surface area (Å²) in [5.74, 6) is -1.97. The molecule has 176 valence electrons. The van der Waals surface area contributed by atoms with E-state index in [1.807, 2.05) is 0 Å². The highest BCUT2D eigenvalue weighted by Crippen LogP contribution is 2.30. The molecular formula is C24H27FN2O6. The number of nitrogens with two attached hydrogens (primary N) is 1. The van der Waals surface area contributed by atoms with E-state index in [2.05, 4.69) is 5.32 Å². The lowest BCUT2D eigenvalue weighted by Crippen LogP contribution is -2.43. The van der Waals surface area contributed by atoms with E-state index in [1.54, 1.807) is 37.3 Å². The van der Waals surface area contributed by atoms with Gasteiger partial charge in [-0.2, -0.15) is 0 Å². The summed E-state index contributed by atoms with van der Waals surface area (Å²) in [6.07, 6.45) is 0.373. The summed E-state index contributed by atoms with van der Waals surface area (Å²) in [6, 6.07) is 10.7. The fourth-order valence-corrected chi connectivity index (χ4v) is 3.17. The summed E-state index contributed by atoms with van der Waals surface area (Å²) >= 11 is 0. The molecule has 9 heteroatoms. The number of nitrogens with one attached hydrogen (secondary N) is 1.